The summed E-state index contributed by atoms with van der Waals surface area (Å²) in [4.78, 5) is 6.45. The second-order valence-electron chi connectivity index (χ2n) is 4.93. The van der Waals surface area contributed by atoms with E-state index in [2.05, 4.69) is 20.5 Å². The van der Waals surface area contributed by atoms with Gasteiger partial charge in [-0.1, -0.05) is 12.1 Å². The van der Waals surface area contributed by atoms with Crippen LogP contribution in [0.25, 0.3) is 0 Å². The first-order valence-corrected chi connectivity index (χ1v) is 6.61. The topological polar surface area (TPSA) is 39.7 Å². The van der Waals surface area contributed by atoms with Gasteiger partial charge < -0.3 is 15.5 Å². The van der Waals surface area contributed by atoms with Gasteiger partial charge in [-0.2, -0.15) is 0 Å². The fourth-order valence-electron chi connectivity index (χ4n) is 2.16. The standard InChI is InChI=1S/C14H21FN4/c1-19(2)13(11-5-3-6-12(15)9-11)10-18-14-16-7-4-8-17-14/h3,5-6,9,13H,4,7-8,10H2,1-2H3,(H2,16,17,18). The zero-order valence-electron chi connectivity index (χ0n) is 11.5. The van der Waals surface area contributed by atoms with Crippen molar-refractivity contribution < 1.29 is 4.39 Å². The summed E-state index contributed by atoms with van der Waals surface area (Å²) >= 11 is 0. The molecule has 1 aromatic rings. The molecule has 1 aliphatic heterocycles. The number of likely N-dealkylation sites (N-methyl/N-ethyl adjacent to an activating group) is 1. The smallest absolute Gasteiger partial charge is 0.191 e. The second kappa shape index (κ2) is 6.52. The van der Waals surface area contributed by atoms with Gasteiger partial charge in [0.2, 0.25) is 0 Å². The summed E-state index contributed by atoms with van der Waals surface area (Å²) in [7, 11) is 3.99. The van der Waals surface area contributed by atoms with Gasteiger partial charge in [-0.15, -0.1) is 0 Å². The lowest BCUT2D eigenvalue weighted by Crippen LogP contribution is -2.44. The van der Waals surface area contributed by atoms with Gasteiger partial charge in [0.1, 0.15) is 5.82 Å². The van der Waals surface area contributed by atoms with Gasteiger partial charge in [0, 0.05) is 19.6 Å². The Balaban J connectivity index is 2.02. The minimum Gasteiger partial charge on any atom is -0.356 e. The van der Waals surface area contributed by atoms with E-state index >= 15 is 0 Å². The summed E-state index contributed by atoms with van der Waals surface area (Å²) in [5.41, 5.74) is 0.967. The number of rotatable bonds is 4. The van der Waals surface area contributed by atoms with E-state index in [1.165, 1.54) is 6.07 Å². The number of guanidine groups is 1. The van der Waals surface area contributed by atoms with E-state index < -0.39 is 0 Å². The van der Waals surface area contributed by atoms with Crippen molar-refractivity contribution in [2.75, 3.05) is 33.7 Å². The highest BCUT2D eigenvalue weighted by Crippen LogP contribution is 2.18. The van der Waals surface area contributed by atoms with Crippen LogP contribution in [0.5, 0.6) is 0 Å². The summed E-state index contributed by atoms with van der Waals surface area (Å²) in [6, 6.07) is 6.87. The summed E-state index contributed by atoms with van der Waals surface area (Å²) < 4.78 is 13.3. The molecule has 0 fully saturated rings. The highest BCUT2D eigenvalue weighted by Gasteiger charge is 2.15. The second-order valence-corrected chi connectivity index (χ2v) is 4.93. The third kappa shape index (κ3) is 3.92. The largest absolute Gasteiger partial charge is 0.356 e. The Morgan fingerprint density at radius 3 is 2.95 bits per heavy atom. The maximum absolute atomic E-state index is 13.3. The molecule has 2 rings (SSSR count). The van der Waals surface area contributed by atoms with Crippen molar-refractivity contribution in [2.45, 2.75) is 12.5 Å². The minimum atomic E-state index is -0.197. The summed E-state index contributed by atoms with van der Waals surface area (Å²) in [5, 5.41) is 6.52. The van der Waals surface area contributed by atoms with Gasteiger partial charge in [-0.25, -0.2) is 4.39 Å². The van der Waals surface area contributed by atoms with Crippen molar-refractivity contribution in [1.82, 2.24) is 15.5 Å². The molecule has 1 unspecified atom stereocenters. The molecule has 5 heteroatoms. The molecular formula is C14H21FN4. The lowest BCUT2D eigenvalue weighted by atomic mass is 10.1. The summed E-state index contributed by atoms with van der Waals surface area (Å²) in [6.45, 7) is 2.52. The van der Waals surface area contributed by atoms with Crippen molar-refractivity contribution in [1.29, 1.82) is 0 Å². The Morgan fingerprint density at radius 2 is 2.32 bits per heavy atom. The van der Waals surface area contributed by atoms with Gasteiger partial charge in [-0.3, -0.25) is 4.99 Å². The molecular weight excluding hydrogens is 243 g/mol. The van der Waals surface area contributed by atoms with Crippen LogP contribution in [0.1, 0.15) is 18.0 Å². The molecule has 0 aromatic heterocycles. The van der Waals surface area contributed by atoms with E-state index in [0.717, 1.165) is 31.0 Å². The van der Waals surface area contributed by atoms with E-state index in [1.54, 1.807) is 12.1 Å². The molecule has 1 aliphatic rings. The number of nitrogens with zero attached hydrogens (tertiary/aromatic N) is 2. The van der Waals surface area contributed by atoms with Gasteiger partial charge in [0.25, 0.3) is 0 Å². The van der Waals surface area contributed by atoms with E-state index in [-0.39, 0.29) is 11.9 Å². The Labute approximate surface area is 113 Å². The minimum absolute atomic E-state index is 0.113. The molecule has 2 N–H and O–H groups in total. The van der Waals surface area contributed by atoms with Crippen LogP contribution in [-0.2, 0) is 0 Å². The SMILES string of the molecule is CN(C)C(CNC1=NCCCN1)c1cccc(F)c1. The molecule has 19 heavy (non-hydrogen) atoms. The van der Waals surface area contributed by atoms with Crippen LogP contribution in [0.2, 0.25) is 0 Å². The predicted octanol–water partition coefficient (Wildman–Crippen LogP) is 1.37. The highest BCUT2D eigenvalue weighted by atomic mass is 19.1. The van der Waals surface area contributed by atoms with E-state index in [0.29, 0.717) is 6.54 Å². The first-order chi connectivity index (χ1) is 9.16. The molecule has 0 saturated carbocycles. The number of hydrogen-bond acceptors (Lipinski definition) is 4. The van der Waals surface area contributed by atoms with E-state index in [4.69, 9.17) is 0 Å². The van der Waals surface area contributed by atoms with Gasteiger partial charge in [0.15, 0.2) is 5.96 Å². The first kappa shape index (κ1) is 13.8. The molecule has 0 radical (unpaired) electrons. The van der Waals surface area contributed by atoms with Crippen LogP contribution in [0, 0.1) is 5.82 Å². The Morgan fingerprint density at radius 1 is 1.47 bits per heavy atom. The highest BCUT2D eigenvalue weighted by molar-refractivity contribution is 5.80. The van der Waals surface area contributed by atoms with Crippen LogP contribution < -0.4 is 10.6 Å². The average Bonchev–Trinajstić information content (AvgIpc) is 2.40. The van der Waals surface area contributed by atoms with Crippen molar-refractivity contribution >= 4 is 5.96 Å². The van der Waals surface area contributed by atoms with Crippen LogP contribution in [0.4, 0.5) is 4.39 Å². The van der Waals surface area contributed by atoms with Crippen molar-refractivity contribution in [3.63, 3.8) is 0 Å². The molecule has 0 spiro atoms. The first-order valence-electron chi connectivity index (χ1n) is 6.61. The number of nitrogens with one attached hydrogen (secondary N) is 2. The van der Waals surface area contributed by atoms with Crippen molar-refractivity contribution in [3.05, 3.63) is 35.6 Å². The van der Waals surface area contributed by atoms with Crippen LogP contribution >= 0.6 is 0 Å². The molecule has 1 heterocycles. The molecule has 0 amide bonds. The molecule has 0 bridgehead atoms. The fourth-order valence-corrected chi connectivity index (χ4v) is 2.16. The Hall–Kier alpha value is -1.62. The normalized spacial score (nSPS) is 16.7. The maximum atomic E-state index is 13.3. The molecule has 0 aliphatic carbocycles. The number of aliphatic imine (C=N–C) groups is 1. The lowest BCUT2D eigenvalue weighted by Gasteiger charge is -2.26. The fraction of sp³-hybridized carbons (Fsp3) is 0.500. The van der Waals surface area contributed by atoms with Crippen LogP contribution in [0.3, 0.4) is 0 Å². The zero-order chi connectivity index (χ0) is 13.7. The number of benzene rings is 1. The number of halogens is 1. The Bertz CT molecular complexity index is 445. The molecule has 4 nitrogen and oxygen atoms in total. The summed E-state index contributed by atoms with van der Waals surface area (Å²) in [5.74, 6) is 0.645. The predicted molar refractivity (Wildman–Crippen MR) is 75.8 cm³/mol. The van der Waals surface area contributed by atoms with Crippen molar-refractivity contribution in [3.8, 4) is 0 Å². The molecule has 1 atom stereocenters. The lowest BCUT2D eigenvalue weighted by molar-refractivity contribution is 0.297. The van der Waals surface area contributed by atoms with Gasteiger partial charge in [-0.05, 0) is 38.2 Å². The Kier molecular flexibility index (Phi) is 4.74. The third-order valence-corrected chi connectivity index (χ3v) is 3.22. The average molecular weight is 264 g/mol. The maximum Gasteiger partial charge on any atom is 0.191 e. The van der Waals surface area contributed by atoms with Crippen LogP contribution in [0.15, 0.2) is 29.3 Å². The zero-order valence-corrected chi connectivity index (χ0v) is 11.5. The van der Waals surface area contributed by atoms with E-state index in [1.807, 2.05) is 20.2 Å². The summed E-state index contributed by atoms with van der Waals surface area (Å²) in [6.07, 6.45) is 1.08. The quantitative estimate of drug-likeness (QED) is 0.863. The van der Waals surface area contributed by atoms with Gasteiger partial charge >= 0.3 is 0 Å². The van der Waals surface area contributed by atoms with Crippen LogP contribution in [-0.4, -0.2) is 44.6 Å². The molecule has 0 saturated heterocycles. The van der Waals surface area contributed by atoms with E-state index in [9.17, 15) is 4.39 Å². The van der Waals surface area contributed by atoms with Gasteiger partial charge in [0.05, 0.1) is 6.04 Å². The number of hydrogen-bond donors (Lipinski definition) is 2. The molecule has 1 aromatic carbocycles. The van der Waals surface area contributed by atoms with Crippen molar-refractivity contribution in [2.24, 2.45) is 4.99 Å². The monoisotopic (exact) mass is 264 g/mol. The molecule has 104 valence electrons. The third-order valence-electron chi connectivity index (χ3n) is 3.22.